The summed E-state index contributed by atoms with van der Waals surface area (Å²) in [6.45, 7) is 12.6. The molecule has 2 N–H and O–H groups in total. The number of benzene rings is 3. The van der Waals surface area contributed by atoms with Gasteiger partial charge in [-0.3, -0.25) is 9.98 Å². The topological polar surface area (TPSA) is 65.2 Å². The maximum Gasteiger partial charge on any atom is 0.127 e. The first-order chi connectivity index (χ1) is 16.1. The smallest absolute Gasteiger partial charge is 0.127 e. The second-order valence-corrected chi connectivity index (χ2v) is 9.93. The van der Waals surface area contributed by atoms with E-state index in [4.69, 9.17) is 0 Å². The van der Waals surface area contributed by atoms with Gasteiger partial charge in [-0.1, -0.05) is 39.8 Å². The summed E-state index contributed by atoms with van der Waals surface area (Å²) in [6, 6.07) is 15.7. The van der Waals surface area contributed by atoms with Gasteiger partial charge in [0.1, 0.15) is 11.5 Å². The van der Waals surface area contributed by atoms with Crippen molar-refractivity contribution in [3.05, 3.63) is 81.9 Å². The van der Waals surface area contributed by atoms with Crippen molar-refractivity contribution in [2.75, 3.05) is 0 Å². The van der Waals surface area contributed by atoms with Crippen LogP contribution in [-0.2, 0) is 12.8 Å². The number of phenols is 2. The van der Waals surface area contributed by atoms with E-state index in [1.54, 1.807) is 12.4 Å². The predicted molar refractivity (Wildman–Crippen MR) is 144 cm³/mol. The quantitative estimate of drug-likeness (QED) is 0.343. The number of phenolic OH excluding ortho intramolecular Hbond substituents is 2. The van der Waals surface area contributed by atoms with Crippen molar-refractivity contribution in [1.82, 2.24) is 0 Å². The Kier molecular flexibility index (Phi) is 8.27. The number of hydrogen-bond acceptors (Lipinski definition) is 4. The van der Waals surface area contributed by atoms with Gasteiger partial charge >= 0.3 is 0 Å². The highest BCUT2D eigenvalue weighted by molar-refractivity contribution is 5.87. The van der Waals surface area contributed by atoms with Gasteiger partial charge in [0.25, 0.3) is 0 Å². The Morgan fingerprint density at radius 2 is 1.00 bits per heavy atom. The second kappa shape index (κ2) is 11.1. The second-order valence-electron chi connectivity index (χ2n) is 9.93. The Morgan fingerprint density at radius 3 is 1.32 bits per heavy atom. The first-order valence-corrected chi connectivity index (χ1v) is 12.0. The van der Waals surface area contributed by atoms with Crippen LogP contribution in [0.5, 0.6) is 11.5 Å². The molecule has 0 saturated heterocycles. The maximum atomic E-state index is 10.4. The molecular formula is C30H36N2O2. The minimum absolute atomic E-state index is 0.271. The zero-order valence-electron chi connectivity index (χ0n) is 21.1. The van der Waals surface area contributed by atoms with E-state index in [1.807, 2.05) is 62.4 Å². The largest absolute Gasteiger partial charge is 0.507 e. The van der Waals surface area contributed by atoms with Gasteiger partial charge < -0.3 is 10.2 Å². The molecular weight excluding hydrogens is 420 g/mol. The van der Waals surface area contributed by atoms with E-state index in [0.29, 0.717) is 11.8 Å². The summed E-state index contributed by atoms with van der Waals surface area (Å²) in [5.74, 6) is 1.63. The van der Waals surface area contributed by atoms with Crippen LogP contribution in [0, 0.1) is 25.7 Å². The van der Waals surface area contributed by atoms with Crippen LogP contribution in [-0.4, -0.2) is 22.6 Å². The third kappa shape index (κ3) is 6.80. The van der Waals surface area contributed by atoms with Crippen LogP contribution in [0.3, 0.4) is 0 Å². The van der Waals surface area contributed by atoms with E-state index in [2.05, 4.69) is 37.7 Å². The lowest BCUT2D eigenvalue weighted by molar-refractivity contribution is 0.469. The minimum Gasteiger partial charge on any atom is -0.507 e. The molecule has 3 rings (SSSR count). The molecule has 0 atom stereocenters. The van der Waals surface area contributed by atoms with E-state index >= 15 is 0 Å². The van der Waals surface area contributed by atoms with Gasteiger partial charge in [-0.15, -0.1) is 0 Å². The molecule has 0 radical (unpaired) electrons. The Labute approximate surface area is 203 Å². The molecule has 0 aliphatic heterocycles. The molecule has 0 fully saturated rings. The van der Waals surface area contributed by atoms with Crippen molar-refractivity contribution in [3.63, 3.8) is 0 Å². The highest BCUT2D eigenvalue weighted by atomic mass is 16.3. The number of hydrogen-bond donors (Lipinski definition) is 2. The Bertz CT molecular complexity index is 1090. The number of aliphatic imine (C=N–C) groups is 2. The van der Waals surface area contributed by atoms with E-state index in [1.165, 1.54) is 11.1 Å². The number of rotatable bonds is 8. The summed E-state index contributed by atoms with van der Waals surface area (Å²) in [5.41, 5.74) is 7.14. The molecule has 34 heavy (non-hydrogen) atoms. The number of aryl methyl sites for hydroxylation is 2. The fourth-order valence-corrected chi connectivity index (χ4v) is 4.06. The molecule has 0 aliphatic carbocycles. The summed E-state index contributed by atoms with van der Waals surface area (Å²) in [7, 11) is 0. The van der Waals surface area contributed by atoms with Crippen LogP contribution in [0.4, 0.5) is 11.4 Å². The molecule has 0 amide bonds. The van der Waals surface area contributed by atoms with Crippen molar-refractivity contribution in [2.24, 2.45) is 21.8 Å². The fraction of sp³-hybridized carbons (Fsp3) is 0.333. The lowest BCUT2D eigenvalue weighted by Gasteiger charge is -2.10. The highest BCUT2D eigenvalue weighted by Crippen LogP contribution is 2.27. The van der Waals surface area contributed by atoms with E-state index in [-0.39, 0.29) is 11.5 Å². The van der Waals surface area contributed by atoms with Crippen LogP contribution in [0.25, 0.3) is 0 Å². The first-order valence-electron chi connectivity index (χ1n) is 12.0. The highest BCUT2D eigenvalue weighted by Gasteiger charge is 2.08. The molecule has 0 aliphatic rings. The molecule has 3 aromatic rings. The van der Waals surface area contributed by atoms with E-state index < -0.39 is 0 Å². The van der Waals surface area contributed by atoms with Crippen molar-refractivity contribution in [1.29, 1.82) is 0 Å². The van der Waals surface area contributed by atoms with Crippen molar-refractivity contribution in [3.8, 4) is 11.5 Å². The minimum atomic E-state index is 0.271. The summed E-state index contributed by atoms with van der Waals surface area (Å²) >= 11 is 0. The summed E-state index contributed by atoms with van der Waals surface area (Å²) < 4.78 is 0. The van der Waals surface area contributed by atoms with Gasteiger partial charge in [-0.05, 0) is 97.2 Å². The molecule has 0 bridgehead atoms. The van der Waals surface area contributed by atoms with Crippen LogP contribution in [0.15, 0.2) is 58.5 Å². The molecule has 0 heterocycles. The Hall–Kier alpha value is -3.40. The predicted octanol–water partition coefficient (Wildman–Crippen LogP) is 7.61. The van der Waals surface area contributed by atoms with Gasteiger partial charge in [0.05, 0.1) is 11.4 Å². The van der Waals surface area contributed by atoms with Crippen molar-refractivity contribution < 1.29 is 10.2 Å². The summed E-state index contributed by atoms with van der Waals surface area (Å²) in [4.78, 5) is 9.09. The Balaban J connectivity index is 1.77. The Morgan fingerprint density at radius 1 is 0.647 bits per heavy atom. The molecule has 4 heteroatoms. The van der Waals surface area contributed by atoms with Crippen LogP contribution < -0.4 is 0 Å². The molecule has 0 aromatic heterocycles. The zero-order chi connectivity index (χ0) is 24.8. The van der Waals surface area contributed by atoms with Crippen molar-refractivity contribution in [2.45, 2.75) is 54.4 Å². The SMILES string of the molecule is Cc1cc(CC(C)C)cc(C=Nc2ccc(N=Cc3cc(CC(C)C)cc(C)c3O)cc2)c1O. The lowest BCUT2D eigenvalue weighted by Crippen LogP contribution is -1.97. The first kappa shape index (κ1) is 25.2. The molecule has 0 saturated carbocycles. The molecule has 0 spiro atoms. The number of nitrogens with zero attached hydrogens (tertiary/aromatic N) is 2. The maximum absolute atomic E-state index is 10.4. The third-order valence-corrected chi connectivity index (χ3v) is 5.62. The average molecular weight is 457 g/mol. The molecule has 0 unspecified atom stereocenters. The number of aromatic hydroxyl groups is 2. The molecule has 4 nitrogen and oxygen atoms in total. The van der Waals surface area contributed by atoms with E-state index in [9.17, 15) is 10.2 Å². The monoisotopic (exact) mass is 456 g/mol. The van der Waals surface area contributed by atoms with Crippen molar-refractivity contribution >= 4 is 23.8 Å². The lowest BCUT2D eigenvalue weighted by atomic mass is 9.98. The zero-order valence-corrected chi connectivity index (χ0v) is 21.1. The standard InChI is InChI=1S/C30H36N2O2/c1-19(2)11-23-13-21(5)29(33)25(15-23)17-31-27-7-9-28(10-8-27)32-18-26-16-24(12-20(3)4)14-22(6)30(26)34/h7-10,13-20,33-34H,11-12H2,1-6H3. The van der Waals surface area contributed by atoms with Crippen LogP contribution in [0.2, 0.25) is 0 Å². The summed E-state index contributed by atoms with van der Waals surface area (Å²) in [5, 5.41) is 20.9. The molecule has 3 aromatic carbocycles. The average Bonchev–Trinajstić information content (AvgIpc) is 2.76. The van der Waals surface area contributed by atoms with E-state index in [0.717, 1.165) is 46.5 Å². The van der Waals surface area contributed by atoms with Gasteiger partial charge in [0.2, 0.25) is 0 Å². The van der Waals surface area contributed by atoms with Gasteiger partial charge in [-0.2, -0.15) is 0 Å². The summed E-state index contributed by atoms with van der Waals surface area (Å²) in [6.07, 6.45) is 5.35. The normalized spacial score (nSPS) is 12.0. The van der Waals surface area contributed by atoms with Gasteiger partial charge in [-0.25, -0.2) is 0 Å². The van der Waals surface area contributed by atoms with Crippen LogP contribution >= 0.6 is 0 Å². The van der Waals surface area contributed by atoms with Gasteiger partial charge in [0.15, 0.2) is 0 Å². The fourth-order valence-electron chi connectivity index (χ4n) is 4.06. The molecule has 178 valence electrons. The van der Waals surface area contributed by atoms with Gasteiger partial charge in [0, 0.05) is 23.6 Å². The van der Waals surface area contributed by atoms with Crippen LogP contribution in [0.1, 0.15) is 61.1 Å². The third-order valence-electron chi connectivity index (χ3n) is 5.62.